The lowest BCUT2D eigenvalue weighted by atomic mass is 9.77. The molecule has 0 spiro atoms. The predicted octanol–water partition coefficient (Wildman–Crippen LogP) is 2.00. The Hall–Kier alpha value is -1.53. The fourth-order valence-corrected chi connectivity index (χ4v) is 3.57. The van der Waals surface area contributed by atoms with Crippen LogP contribution < -0.4 is 0 Å². The van der Waals surface area contributed by atoms with Crippen molar-refractivity contribution < 1.29 is 14.6 Å². The van der Waals surface area contributed by atoms with Crippen molar-refractivity contribution in [3.8, 4) is 0 Å². The number of rotatable bonds is 7. The molecule has 1 aliphatic heterocycles. The first-order chi connectivity index (χ1) is 11.7. The Labute approximate surface area is 143 Å². The van der Waals surface area contributed by atoms with Gasteiger partial charge in [0.05, 0.1) is 12.2 Å². The van der Waals surface area contributed by atoms with Gasteiger partial charge in [0.15, 0.2) is 0 Å². The minimum Gasteiger partial charge on any atom is -0.396 e. The summed E-state index contributed by atoms with van der Waals surface area (Å²) < 4.78 is 5.12. The number of aromatic nitrogens is 2. The molecule has 6 nitrogen and oxygen atoms in total. The van der Waals surface area contributed by atoms with Crippen LogP contribution in [0.2, 0.25) is 0 Å². The summed E-state index contributed by atoms with van der Waals surface area (Å²) in [5.74, 6) is 1.32. The van der Waals surface area contributed by atoms with Crippen molar-refractivity contribution in [3.63, 3.8) is 0 Å². The topological polar surface area (TPSA) is 75.6 Å². The third kappa shape index (κ3) is 3.92. The van der Waals surface area contributed by atoms with E-state index >= 15 is 0 Å². The number of amides is 1. The van der Waals surface area contributed by atoms with Crippen LogP contribution in [0.3, 0.4) is 0 Å². The van der Waals surface area contributed by atoms with Gasteiger partial charge in [-0.25, -0.2) is 9.97 Å². The van der Waals surface area contributed by atoms with Crippen LogP contribution in [0.25, 0.3) is 0 Å². The Morgan fingerprint density at radius 1 is 1.42 bits per heavy atom. The van der Waals surface area contributed by atoms with E-state index in [2.05, 4.69) is 9.97 Å². The third-order valence-electron chi connectivity index (χ3n) is 5.20. The van der Waals surface area contributed by atoms with Crippen molar-refractivity contribution in [1.29, 1.82) is 0 Å². The summed E-state index contributed by atoms with van der Waals surface area (Å²) in [6.45, 7) is 2.12. The lowest BCUT2D eigenvalue weighted by Crippen LogP contribution is -2.48. The Morgan fingerprint density at radius 2 is 2.17 bits per heavy atom. The van der Waals surface area contributed by atoms with E-state index < -0.39 is 0 Å². The van der Waals surface area contributed by atoms with Gasteiger partial charge < -0.3 is 14.7 Å². The summed E-state index contributed by atoms with van der Waals surface area (Å²) in [6.07, 6.45) is 9.26. The zero-order valence-corrected chi connectivity index (χ0v) is 14.4. The van der Waals surface area contributed by atoms with Crippen LogP contribution >= 0.6 is 0 Å². The molecule has 1 saturated heterocycles. The summed E-state index contributed by atoms with van der Waals surface area (Å²) in [5.41, 5.74) is 0.339. The Balaban J connectivity index is 1.64. The lowest BCUT2D eigenvalue weighted by molar-refractivity contribution is 0.0180. The molecule has 2 heterocycles. The van der Waals surface area contributed by atoms with Crippen LogP contribution in [-0.4, -0.2) is 59.3 Å². The standard InChI is InChI=1S/C18H27N3O3/c1-24-9-3-7-18(13-22)6-2-8-21(12-18)17(23)15-10-19-16(20-11-15)14-4-5-14/h10-11,14,22H,2-9,12-13H2,1H3/t18-/m1/s1. The second kappa shape index (κ2) is 7.57. The monoisotopic (exact) mass is 333 g/mol. The quantitative estimate of drug-likeness (QED) is 0.772. The Kier molecular flexibility index (Phi) is 5.46. The summed E-state index contributed by atoms with van der Waals surface area (Å²) in [7, 11) is 1.69. The average Bonchev–Trinajstić information content (AvgIpc) is 3.47. The van der Waals surface area contributed by atoms with E-state index in [4.69, 9.17) is 4.74 Å². The molecule has 1 atom stereocenters. The zero-order chi connectivity index (χ0) is 17.0. The van der Waals surface area contributed by atoms with Gasteiger partial charge in [-0.3, -0.25) is 4.79 Å². The lowest BCUT2D eigenvalue weighted by Gasteiger charge is -2.42. The maximum absolute atomic E-state index is 12.8. The van der Waals surface area contributed by atoms with Gasteiger partial charge in [-0.05, 0) is 38.5 Å². The molecule has 0 unspecified atom stereocenters. The second-order valence-electron chi connectivity index (χ2n) is 7.19. The van der Waals surface area contributed by atoms with Gasteiger partial charge in [0.25, 0.3) is 5.91 Å². The molecule has 0 bridgehead atoms. The number of carbonyl (C=O) groups is 1. The predicted molar refractivity (Wildman–Crippen MR) is 89.8 cm³/mol. The van der Waals surface area contributed by atoms with Crippen molar-refractivity contribution >= 4 is 5.91 Å². The van der Waals surface area contributed by atoms with E-state index in [-0.39, 0.29) is 17.9 Å². The van der Waals surface area contributed by atoms with Crippen LogP contribution in [0, 0.1) is 5.41 Å². The van der Waals surface area contributed by atoms with E-state index in [9.17, 15) is 9.90 Å². The summed E-state index contributed by atoms with van der Waals surface area (Å²) in [5, 5.41) is 9.91. The number of carbonyl (C=O) groups excluding carboxylic acids is 1. The van der Waals surface area contributed by atoms with Crippen LogP contribution in [0.4, 0.5) is 0 Å². The van der Waals surface area contributed by atoms with Gasteiger partial charge in [0.2, 0.25) is 0 Å². The van der Waals surface area contributed by atoms with Crippen LogP contribution in [0.5, 0.6) is 0 Å². The largest absolute Gasteiger partial charge is 0.396 e. The highest BCUT2D eigenvalue weighted by Gasteiger charge is 2.36. The van der Waals surface area contributed by atoms with Gasteiger partial charge in [-0.15, -0.1) is 0 Å². The molecule has 1 aliphatic carbocycles. The van der Waals surface area contributed by atoms with Crippen molar-refractivity contribution in [2.75, 3.05) is 33.4 Å². The average molecular weight is 333 g/mol. The number of ether oxygens (including phenoxy) is 1. The molecule has 1 aromatic heterocycles. The highest BCUT2D eigenvalue weighted by molar-refractivity contribution is 5.93. The van der Waals surface area contributed by atoms with E-state index in [0.717, 1.165) is 50.9 Å². The molecule has 1 amide bonds. The fraction of sp³-hybridized carbons (Fsp3) is 0.722. The summed E-state index contributed by atoms with van der Waals surface area (Å²) in [4.78, 5) is 23.3. The smallest absolute Gasteiger partial charge is 0.257 e. The van der Waals surface area contributed by atoms with Crippen molar-refractivity contribution in [2.45, 2.75) is 44.4 Å². The first kappa shape index (κ1) is 17.3. The zero-order valence-electron chi connectivity index (χ0n) is 14.4. The summed E-state index contributed by atoms with van der Waals surface area (Å²) >= 11 is 0. The Morgan fingerprint density at radius 3 is 2.79 bits per heavy atom. The van der Waals surface area contributed by atoms with Crippen LogP contribution in [0.1, 0.15) is 60.6 Å². The van der Waals surface area contributed by atoms with Gasteiger partial charge in [-0.2, -0.15) is 0 Å². The fourth-order valence-electron chi connectivity index (χ4n) is 3.57. The molecule has 1 aromatic rings. The maximum atomic E-state index is 12.8. The molecule has 0 radical (unpaired) electrons. The van der Waals surface area contributed by atoms with E-state index in [1.807, 2.05) is 4.90 Å². The summed E-state index contributed by atoms with van der Waals surface area (Å²) in [6, 6.07) is 0. The maximum Gasteiger partial charge on any atom is 0.257 e. The number of nitrogens with zero attached hydrogens (tertiary/aromatic N) is 3. The highest BCUT2D eigenvalue weighted by Crippen LogP contribution is 2.38. The minimum absolute atomic E-state index is 0.0263. The Bertz CT molecular complexity index is 559. The molecular formula is C18H27N3O3. The molecule has 0 aromatic carbocycles. The SMILES string of the molecule is COCCC[C@]1(CO)CCCN(C(=O)c2cnc(C3CC3)nc2)C1. The molecule has 24 heavy (non-hydrogen) atoms. The van der Waals surface area contributed by atoms with E-state index in [1.165, 1.54) is 0 Å². The number of aliphatic hydroxyl groups is 1. The number of piperidine rings is 1. The minimum atomic E-state index is -0.207. The van der Waals surface area contributed by atoms with Gasteiger partial charge in [0.1, 0.15) is 5.82 Å². The molecule has 6 heteroatoms. The molecule has 1 saturated carbocycles. The first-order valence-corrected chi connectivity index (χ1v) is 8.88. The number of hydrogen-bond donors (Lipinski definition) is 1. The molecule has 132 valence electrons. The van der Waals surface area contributed by atoms with Crippen molar-refractivity contribution in [3.05, 3.63) is 23.8 Å². The first-order valence-electron chi connectivity index (χ1n) is 8.88. The van der Waals surface area contributed by atoms with Crippen molar-refractivity contribution in [1.82, 2.24) is 14.9 Å². The van der Waals surface area contributed by atoms with Gasteiger partial charge >= 0.3 is 0 Å². The second-order valence-corrected chi connectivity index (χ2v) is 7.19. The number of aliphatic hydroxyl groups excluding tert-OH is 1. The molecule has 2 fully saturated rings. The van der Waals surface area contributed by atoms with E-state index in [1.54, 1.807) is 19.5 Å². The molecule has 2 aliphatic rings. The van der Waals surface area contributed by atoms with E-state index in [0.29, 0.717) is 24.6 Å². The van der Waals surface area contributed by atoms with Gasteiger partial charge in [0, 0.05) is 50.5 Å². The molecule has 1 N–H and O–H groups in total. The normalized spacial score (nSPS) is 24.2. The molecule has 3 rings (SSSR count). The van der Waals surface area contributed by atoms with Crippen molar-refractivity contribution in [2.24, 2.45) is 5.41 Å². The number of methoxy groups -OCH3 is 1. The number of hydrogen-bond acceptors (Lipinski definition) is 5. The van der Waals surface area contributed by atoms with Crippen LogP contribution in [-0.2, 0) is 4.74 Å². The van der Waals surface area contributed by atoms with Gasteiger partial charge in [-0.1, -0.05) is 0 Å². The number of likely N-dealkylation sites (tertiary alicyclic amines) is 1. The molecular weight excluding hydrogens is 306 g/mol. The third-order valence-corrected chi connectivity index (χ3v) is 5.20. The van der Waals surface area contributed by atoms with Crippen LogP contribution in [0.15, 0.2) is 12.4 Å². The highest BCUT2D eigenvalue weighted by atomic mass is 16.5.